The van der Waals surface area contributed by atoms with Crippen LogP contribution in [0.15, 0.2) is 12.0 Å². The van der Waals surface area contributed by atoms with Gasteiger partial charge in [-0.3, -0.25) is 9.79 Å². The van der Waals surface area contributed by atoms with E-state index < -0.39 is 12.1 Å². The van der Waals surface area contributed by atoms with Gasteiger partial charge in [-0.25, -0.2) is 4.57 Å². The minimum atomic E-state index is -4.48. The number of ether oxygens (including phenoxy) is 1. The fourth-order valence-corrected chi connectivity index (χ4v) is 1.04. The zero-order chi connectivity index (χ0) is 10.7. The Balaban J connectivity index is 4.52. The van der Waals surface area contributed by atoms with Crippen molar-refractivity contribution < 1.29 is 23.6 Å². The Morgan fingerprint density at radius 3 is 2.23 bits per heavy atom. The molecule has 0 heterocycles. The molecule has 0 saturated heterocycles. The van der Waals surface area contributed by atoms with Gasteiger partial charge in [0, 0.05) is 0 Å². The molecule has 0 aromatic heterocycles. The molecule has 0 aromatic rings. The summed E-state index contributed by atoms with van der Waals surface area (Å²) in [6.45, 7) is 3.51. The molecule has 0 aliphatic heterocycles. The molecule has 0 bridgehead atoms. The summed E-state index contributed by atoms with van der Waals surface area (Å²) in [6, 6.07) is 0. The highest BCUT2D eigenvalue weighted by atomic mass is 79.9. The SMILES string of the molecule is COC(=COP(=O)(O)O)C(C)(C)Br. The minimum absolute atomic E-state index is 0.288. The first kappa shape index (κ1) is 13.0. The molecule has 0 saturated carbocycles. The number of hydrogen-bond donors (Lipinski definition) is 2. The first-order valence-electron chi connectivity index (χ1n) is 3.34. The fraction of sp³-hybridized carbons (Fsp3) is 0.667. The van der Waals surface area contributed by atoms with E-state index in [4.69, 9.17) is 14.5 Å². The number of phosphoric ester groups is 1. The van der Waals surface area contributed by atoms with E-state index in [0.29, 0.717) is 0 Å². The maximum absolute atomic E-state index is 10.3. The second-order valence-electron chi connectivity index (χ2n) is 2.75. The average Bonchev–Trinajstić information content (AvgIpc) is 1.82. The third-order valence-corrected chi connectivity index (χ3v) is 1.87. The third-order valence-electron chi connectivity index (χ3n) is 1.10. The molecule has 78 valence electrons. The van der Waals surface area contributed by atoms with Gasteiger partial charge in [-0.15, -0.1) is 0 Å². The Labute approximate surface area is 85.1 Å². The first-order chi connectivity index (χ1) is 5.67. The van der Waals surface area contributed by atoms with Crippen LogP contribution in [0, 0.1) is 0 Å². The van der Waals surface area contributed by atoms with Crippen LogP contribution >= 0.6 is 23.8 Å². The quantitative estimate of drug-likeness (QED) is 0.464. The summed E-state index contributed by atoms with van der Waals surface area (Å²) in [6.07, 6.45) is 0.898. The van der Waals surface area contributed by atoms with Crippen molar-refractivity contribution >= 4 is 23.8 Å². The van der Waals surface area contributed by atoms with Crippen LogP contribution in [0.25, 0.3) is 0 Å². The summed E-state index contributed by atoms with van der Waals surface area (Å²) in [4.78, 5) is 16.8. The number of methoxy groups -OCH3 is 1. The molecule has 0 fully saturated rings. The van der Waals surface area contributed by atoms with Gasteiger partial charge >= 0.3 is 7.82 Å². The molecular weight excluding hydrogens is 263 g/mol. The van der Waals surface area contributed by atoms with Crippen LogP contribution in [0.2, 0.25) is 0 Å². The Morgan fingerprint density at radius 1 is 1.54 bits per heavy atom. The molecule has 0 rings (SSSR count). The van der Waals surface area contributed by atoms with E-state index in [1.54, 1.807) is 13.8 Å². The standard InChI is InChI=1S/C6H12BrO5P/c1-6(2,7)5(11-3)4-12-13(8,9)10/h4H,1-3H3,(H2,8,9,10). The molecule has 0 radical (unpaired) electrons. The Kier molecular flexibility index (Phi) is 4.45. The van der Waals surface area contributed by atoms with Crippen molar-refractivity contribution in [1.82, 2.24) is 0 Å². The number of alkyl halides is 1. The molecule has 0 spiro atoms. The largest absolute Gasteiger partial charge is 0.524 e. The minimum Gasteiger partial charge on any atom is -0.496 e. The van der Waals surface area contributed by atoms with E-state index in [9.17, 15) is 4.57 Å². The summed E-state index contributed by atoms with van der Waals surface area (Å²) in [5.41, 5.74) is 0. The highest BCUT2D eigenvalue weighted by Gasteiger charge is 2.23. The first-order valence-corrected chi connectivity index (χ1v) is 5.66. The third kappa shape index (κ3) is 6.10. The maximum atomic E-state index is 10.3. The number of rotatable bonds is 4. The summed E-state index contributed by atoms with van der Waals surface area (Å²) in [7, 11) is -3.09. The normalized spacial score (nSPS) is 14.2. The van der Waals surface area contributed by atoms with Crippen molar-refractivity contribution in [2.75, 3.05) is 7.11 Å². The van der Waals surface area contributed by atoms with Gasteiger partial charge in [0.05, 0.1) is 11.4 Å². The van der Waals surface area contributed by atoms with Crippen molar-refractivity contribution in [3.63, 3.8) is 0 Å². The molecule has 5 nitrogen and oxygen atoms in total. The van der Waals surface area contributed by atoms with Crippen LogP contribution in [-0.2, 0) is 13.8 Å². The van der Waals surface area contributed by atoms with Crippen LogP contribution in [-0.4, -0.2) is 21.2 Å². The van der Waals surface area contributed by atoms with Gasteiger partial charge in [0.15, 0.2) is 0 Å². The van der Waals surface area contributed by atoms with Gasteiger partial charge in [-0.2, -0.15) is 0 Å². The second kappa shape index (κ2) is 4.46. The van der Waals surface area contributed by atoms with Gasteiger partial charge in [0.25, 0.3) is 0 Å². The molecule has 0 unspecified atom stereocenters. The predicted octanol–water partition coefficient (Wildman–Crippen LogP) is 1.76. The van der Waals surface area contributed by atoms with Gasteiger partial charge < -0.3 is 9.26 Å². The zero-order valence-electron chi connectivity index (χ0n) is 7.52. The van der Waals surface area contributed by atoms with Crippen molar-refractivity contribution in [2.24, 2.45) is 0 Å². The van der Waals surface area contributed by atoms with Crippen LogP contribution in [0.1, 0.15) is 13.8 Å². The summed E-state index contributed by atoms with van der Waals surface area (Å²) in [5, 5.41) is 0. The lowest BCUT2D eigenvalue weighted by Gasteiger charge is -2.18. The number of hydrogen-bond acceptors (Lipinski definition) is 3. The van der Waals surface area contributed by atoms with Crippen LogP contribution in [0.4, 0.5) is 0 Å². The molecule has 2 N–H and O–H groups in total. The summed E-state index contributed by atoms with van der Waals surface area (Å²) in [5.74, 6) is 0.288. The van der Waals surface area contributed by atoms with E-state index in [0.717, 1.165) is 6.26 Å². The smallest absolute Gasteiger partial charge is 0.496 e. The number of allylic oxidation sites excluding steroid dienone is 1. The fourth-order valence-electron chi connectivity index (χ4n) is 0.547. The predicted molar refractivity (Wildman–Crippen MR) is 51.2 cm³/mol. The van der Waals surface area contributed by atoms with Gasteiger partial charge in [-0.05, 0) is 13.8 Å². The van der Waals surface area contributed by atoms with Gasteiger partial charge in [-0.1, -0.05) is 15.9 Å². The molecule has 13 heavy (non-hydrogen) atoms. The number of halogens is 1. The zero-order valence-corrected chi connectivity index (χ0v) is 10.0. The monoisotopic (exact) mass is 274 g/mol. The van der Waals surface area contributed by atoms with Crippen molar-refractivity contribution in [3.05, 3.63) is 12.0 Å². The van der Waals surface area contributed by atoms with Crippen LogP contribution < -0.4 is 0 Å². The van der Waals surface area contributed by atoms with Gasteiger partial charge in [0.1, 0.15) is 12.0 Å². The Hall–Kier alpha value is -0.0300. The summed E-state index contributed by atoms with van der Waals surface area (Å²) >= 11 is 3.25. The molecular formula is C6H12BrO5P. The van der Waals surface area contributed by atoms with Crippen molar-refractivity contribution in [1.29, 1.82) is 0 Å². The highest BCUT2D eigenvalue weighted by Crippen LogP contribution is 2.38. The topological polar surface area (TPSA) is 76.0 Å². The van der Waals surface area contributed by atoms with Crippen LogP contribution in [0.3, 0.4) is 0 Å². The van der Waals surface area contributed by atoms with E-state index in [-0.39, 0.29) is 5.76 Å². The lowest BCUT2D eigenvalue weighted by Crippen LogP contribution is -2.15. The van der Waals surface area contributed by atoms with Crippen molar-refractivity contribution in [3.8, 4) is 0 Å². The van der Waals surface area contributed by atoms with Crippen molar-refractivity contribution in [2.45, 2.75) is 18.2 Å². The van der Waals surface area contributed by atoms with E-state index in [2.05, 4.69) is 20.5 Å². The molecule has 7 heteroatoms. The van der Waals surface area contributed by atoms with E-state index in [1.807, 2.05) is 0 Å². The van der Waals surface area contributed by atoms with E-state index in [1.165, 1.54) is 7.11 Å². The van der Waals surface area contributed by atoms with E-state index >= 15 is 0 Å². The van der Waals surface area contributed by atoms with Crippen LogP contribution in [0.5, 0.6) is 0 Å². The number of phosphoric acid groups is 1. The second-order valence-corrected chi connectivity index (χ2v) is 5.93. The molecule has 0 atom stereocenters. The lowest BCUT2D eigenvalue weighted by molar-refractivity contribution is 0.221. The average molecular weight is 275 g/mol. The molecule has 0 amide bonds. The summed E-state index contributed by atoms with van der Waals surface area (Å²) < 4.78 is 18.8. The Bertz CT molecular complexity index is 238. The lowest BCUT2D eigenvalue weighted by atomic mass is 10.2. The maximum Gasteiger partial charge on any atom is 0.524 e. The highest BCUT2D eigenvalue weighted by molar-refractivity contribution is 9.10. The Morgan fingerprint density at radius 2 is 2.00 bits per heavy atom. The van der Waals surface area contributed by atoms with Gasteiger partial charge in [0.2, 0.25) is 0 Å². The molecule has 0 aromatic carbocycles. The molecule has 0 aliphatic rings. The molecule has 0 aliphatic carbocycles.